The molecule has 0 radical (unpaired) electrons. The Kier molecular flexibility index (Phi) is 1.19. The fourth-order valence-corrected chi connectivity index (χ4v) is 1.40. The molecule has 2 heteroatoms. The van der Waals surface area contributed by atoms with Crippen LogP contribution >= 0.6 is 0 Å². The smallest absolute Gasteiger partial charge is 0.253 e. The minimum Gasteiger partial charge on any atom is -0.312 e. The Hall–Kier alpha value is -1.05. The van der Waals surface area contributed by atoms with E-state index in [4.69, 9.17) is 0 Å². The van der Waals surface area contributed by atoms with E-state index in [1.165, 1.54) is 18.4 Å². The molecule has 0 saturated heterocycles. The average Bonchev–Trinajstić information content (AvgIpc) is 2.76. The molecular weight excluding hydrogens is 138 g/mol. The van der Waals surface area contributed by atoms with Gasteiger partial charge in [0.25, 0.3) is 5.91 Å². The van der Waals surface area contributed by atoms with Gasteiger partial charge in [0.2, 0.25) is 0 Å². The second kappa shape index (κ2) is 1.97. The Labute approximate surface area is 66.2 Å². The summed E-state index contributed by atoms with van der Waals surface area (Å²) < 4.78 is 0. The van der Waals surface area contributed by atoms with Crippen LogP contribution in [0.5, 0.6) is 0 Å². The normalized spacial score (nSPS) is 22.9. The molecule has 2 rings (SSSR count). The first-order chi connectivity index (χ1) is 5.20. The first kappa shape index (κ1) is 6.65. The predicted molar refractivity (Wildman–Crippen MR) is 42.8 cm³/mol. The SMILES string of the molecule is CC1=CC(=C2CC2)N(C)C1=O. The minimum absolute atomic E-state index is 0.152. The molecule has 2 nitrogen and oxygen atoms in total. The van der Waals surface area contributed by atoms with Gasteiger partial charge in [0, 0.05) is 18.3 Å². The second-order valence-electron chi connectivity index (χ2n) is 3.18. The zero-order chi connectivity index (χ0) is 8.01. The van der Waals surface area contributed by atoms with E-state index in [0.29, 0.717) is 0 Å². The largest absolute Gasteiger partial charge is 0.312 e. The quantitative estimate of drug-likeness (QED) is 0.510. The van der Waals surface area contributed by atoms with Crippen molar-refractivity contribution in [2.75, 3.05) is 7.05 Å². The van der Waals surface area contributed by atoms with Crippen LogP contribution in [0.25, 0.3) is 0 Å². The molecule has 11 heavy (non-hydrogen) atoms. The first-order valence-corrected chi connectivity index (χ1v) is 3.88. The minimum atomic E-state index is 0.152. The van der Waals surface area contributed by atoms with Crippen molar-refractivity contribution in [2.45, 2.75) is 19.8 Å². The van der Waals surface area contributed by atoms with Crippen LogP contribution in [-0.2, 0) is 4.79 Å². The van der Waals surface area contributed by atoms with E-state index in [2.05, 4.69) is 0 Å². The molecule has 0 spiro atoms. The Morgan fingerprint density at radius 3 is 2.45 bits per heavy atom. The summed E-state index contributed by atoms with van der Waals surface area (Å²) in [5.41, 5.74) is 3.44. The Morgan fingerprint density at radius 2 is 2.09 bits per heavy atom. The molecule has 0 atom stereocenters. The van der Waals surface area contributed by atoms with E-state index in [9.17, 15) is 4.79 Å². The molecule has 1 amide bonds. The fourth-order valence-electron chi connectivity index (χ4n) is 1.40. The summed E-state index contributed by atoms with van der Waals surface area (Å²) in [7, 11) is 1.84. The number of nitrogens with zero attached hydrogens (tertiary/aromatic N) is 1. The van der Waals surface area contributed by atoms with Gasteiger partial charge in [-0.05, 0) is 31.4 Å². The molecule has 2 aliphatic rings. The monoisotopic (exact) mass is 149 g/mol. The molecule has 0 aromatic rings. The predicted octanol–water partition coefficient (Wildman–Crippen LogP) is 1.45. The third-order valence-corrected chi connectivity index (χ3v) is 2.22. The maximum atomic E-state index is 11.3. The van der Waals surface area contributed by atoms with Gasteiger partial charge in [-0.15, -0.1) is 0 Å². The van der Waals surface area contributed by atoms with E-state index in [1.54, 1.807) is 4.90 Å². The van der Waals surface area contributed by atoms with Crippen LogP contribution in [0.3, 0.4) is 0 Å². The van der Waals surface area contributed by atoms with Gasteiger partial charge in [-0.1, -0.05) is 0 Å². The first-order valence-electron chi connectivity index (χ1n) is 3.88. The topological polar surface area (TPSA) is 20.3 Å². The van der Waals surface area contributed by atoms with E-state index < -0.39 is 0 Å². The van der Waals surface area contributed by atoms with E-state index in [1.807, 2.05) is 20.0 Å². The summed E-state index contributed by atoms with van der Waals surface area (Å²) in [6, 6.07) is 0. The maximum Gasteiger partial charge on any atom is 0.253 e. The lowest BCUT2D eigenvalue weighted by Crippen LogP contribution is -2.19. The number of likely N-dealkylation sites (N-methyl/N-ethyl adjacent to an activating group) is 1. The Balaban J connectivity index is 2.40. The Morgan fingerprint density at radius 1 is 1.45 bits per heavy atom. The van der Waals surface area contributed by atoms with Crippen molar-refractivity contribution < 1.29 is 4.79 Å². The lowest BCUT2D eigenvalue weighted by atomic mass is 10.3. The van der Waals surface area contributed by atoms with Crippen molar-refractivity contribution in [3.63, 3.8) is 0 Å². The van der Waals surface area contributed by atoms with Gasteiger partial charge in [0.15, 0.2) is 0 Å². The molecule has 1 saturated carbocycles. The number of carbonyl (C=O) groups excluding carboxylic acids is 1. The van der Waals surface area contributed by atoms with E-state index >= 15 is 0 Å². The highest BCUT2D eigenvalue weighted by Crippen LogP contribution is 2.36. The molecule has 0 N–H and O–H groups in total. The van der Waals surface area contributed by atoms with Crippen molar-refractivity contribution >= 4 is 5.91 Å². The van der Waals surface area contributed by atoms with Crippen LogP contribution in [0.2, 0.25) is 0 Å². The van der Waals surface area contributed by atoms with Crippen LogP contribution in [0.15, 0.2) is 22.9 Å². The third kappa shape index (κ3) is 0.897. The van der Waals surface area contributed by atoms with E-state index in [0.717, 1.165) is 11.3 Å². The molecule has 1 heterocycles. The van der Waals surface area contributed by atoms with Gasteiger partial charge in [-0.2, -0.15) is 0 Å². The summed E-state index contributed by atoms with van der Waals surface area (Å²) in [5, 5.41) is 0. The number of hydrogen-bond acceptors (Lipinski definition) is 1. The molecule has 1 aliphatic carbocycles. The fraction of sp³-hybridized carbons (Fsp3) is 0.444. The van der Waals surface area contributed by atoms with Gasteiger partial charge < -0.3 is 4.90 Å². The highest BCUT2D eigenvalue weighted by Gasteiger charge is 2.27. The zero-order valence-corrected chi connectivity index (χ0v) is 6.85. The van der Waals surface area contributed by atoms with Gasteiger partial charge in [-0.3, -0.25) is 4.79 Å². The van der Waals surface area contributed by atoms with Crippen molar-refractivity contribution in [1.82, 2.24) is 4.90 Å². The van der Waals surface area contributed by atoms with Crippen LogP contribution in [-0.4, -0.2) is 17.9 Å². The van der Waals surface area contributed by atoms with Crippen LogP contribution in [0.1, 0.15) is 19.8 Å². The molecular formula is C9H11NO. The van der Waals surface area contributed by atoms with Crippen molar-refractivity contribution in [3.8, 4) is 0 Å². The van der Waals surface area contributed by atoms with Crippen LogP contribution in [0.4, 0.5) is 0 Å². The Bertz CT molecular complexity index is 280. The van der Waals surface area contributed by atoms with Crippen LogP contribution < -0.4 is 0 Å². The van der Waals surface area contributed by atoms with Crippen molar-refractivity contribution in [3.05, 3.63) is 22.9 Å². The van der Waals surface area contributed by atoms with E-state index in [-0.39, 0.29) is 5.91 Å². The van der Waals surface area contributed by atoms with Crippen LogP contribution in [0, 0.1) is 0 Å². The standard InChI is InChI=1S/C9H11NO/c1-6-5-8(7-3-4-7)10(2)9(6)11/h5H,3-4H2,1-2H3. The molecule has 0 unspecified atom stereocenters. The highest BCUT2D eigenvalue weighted by atomic mass is 16.2. The number of hydrogen-bond donors (Lipinski definition) is 0. The summed E-state index contributed by atoms with van der Waals surface area (Å²) >= 11 is 0. The summed E-state index contributed by atoms with van der Waals surface area (Å²) in [6.45, 7) is 1.87. The molecule has 0 aromatic carbocycles. The number of rotatable bonds is 0. The average molecular weight is 149 g/mol. The molecule has 1 fully saturated rings. The zero-order valence-electron chi connectivity index (χ0n) is 6.85. The maximum absolute atomic E-state index is 11.3. The van der Waals surface area contributed by atoms with Gasteiger partial charge in [0.1, 0.15) is 0 Å². The molecule has 0 aromatic heterocycles. The number of allylic oxidation sites excluding steroid dienone is 2. The molecule has 58 valence electrons. The van der Waals surface area contributed by atoms with Gasteiger partial charge in [-0.25, -0.2) is 0 Å². The molecule has 0 bridgehead atoms. The number of carbonyl (C=O) groups is 1. The lowest BCUT2D eigenvalue weighted by molar-refractivity contribution is -0.123. The molecule has 1 aliphatic heterocycles. The summed E-state index contributed by atoms with van der Waals surface area (Å²) in [5.74, 6) is 0.152. The third-order valence-electron chi connectivity index (χ3n) is 2.22. The number of amides is 1. The highest BCUT2D eigenvalue weighted by molar-refractivity contribution is 5.98. The lowest BCUT2D eigenvalue weighted by Gasteiger charge is -2.10. The van der Waals surface area contributed by atoms with Crippen molar-refractivity contribution in [2.24, 2.45) is 0 Å². The second-order valence-corrected chi connectivity index (χ2v) is 3.18. The van der Waals surface area contributed by atoms with Crippen molar-refractivity contribution in [1.29, 1.82) is 0 Å². The van der Waals surface area contributed by atoms with Gasteiger partial charge >= 0.3 is 0 Å². The van der Waals surface area contributed by atoms with Gasteiger partial charge in [0.05, 0.1) is 0 Å². The summed E-state index contributed by atoms with van der Waals surface area (Å²) in [4.78, 5) is 13.0. The summed E-state index contributed by atoms with van der Waals surface area (Å²) in [6.07, 6.45) is 4.35.